The van der Waals surface area contributed by atoms with E-state index in [4.69, 9.17) is 5.11 Å². The van der Waals surface area contributed by atoms with Gasteiger partial charge < -0.3 is 5.11 Å². The lowest BCUT2D eigenvalue weighted by atomic mass is 10.2. The molecule has 1 aromatic rings. The number of halogens is 1. The summed E-state index contributed by atoms with van der Waals surface area (Å²) in [7, 11) is 0. The third-order valence-electron chi connectivity index (χ3n) is 1.50. The molecule has 0 saturated heterocycles. The highest BCUT2D eigenvalue weighted by Gasteiger charge is 2.07. The Labute approximate surface area is 68.9 Å². The zero-order valence-corrected chi connectivity index (χ0v) is 6.54. The molecule has 0 amide bonds. The fourth-order valence-corrected chi connectivity index (χ4v) is 0.843. The Morgan fingerprint density at radius 3 is 2.83 bits per heavy atom. The first kappa shape index (κ1) is 8.64. The highest BCUT2D eigenvalue weighted by molar-refractivity contribution is 5.87. The maximum atomic E-state index is 12.9. The van der Waals surface area contributed by atoms with Crippen LogP contribution in [0, 0.1) is 5.82 Å². The summed E-state index contributed by atoms with van der Waals surface area (Å²) in [5.74, 6) is -1.72. The van der Waals surface area contributed by atoms with Crippen LogP contribution in [-0.2, 0) is 6.42 Å². The summed E-state index contributed by atoms with van der Waals surface area (Å²) in [6.07, 6.45) is 1.62. The topological polar surface area (TPSA) is 50.2 Å². The molecule has 0 aliphatic heterocycles. The molecule has 0 radical (unpaired) electrons. The molecule has 1 rings (SSSR count). The van der Waals surface area contributed by atoms with E-state index in [-0.39, 0.29) is 5.56 Å². The van der Waals surface area contributed by atoms with Crippen LogP contribution in [0.1, 0.15) is 23.0 Å². The SMILES string of the molecule is CCc1ncc(C(=O)O)cc1F. The molecule has 0 spiro atoms. The van der Waals surface area contributed by atoms with Crippen LogP contribution < -0.4 is 0 Å². The number of carbonyl (C=O) groups is 1. The van der Waals surface area contributed by atoms with E-state index in [0.717, 1.165) is 12.3 Å². The summed E-state index contributed by atoms with van der Waals surface area (Å²) in [6, 6.07) is 0.980. The number of hydrogen-bond acceptors (Lipinski definition) is 2. The van der Waals surface area contributed by atoms with E-state index in [9.17, 15) is 9.18 Å². The van der Waals surface area contributed by atoms with Crippen LogP contribution in [0.5, 0.6) is 0 Å². The largest absolute Gasteiger partial charge is 0.478 e. The van der Waals surface area contributed by atoms with Crippen molar-refractivity contribution in [2.24, 2.45) is 0 Å². The highest BCUT2D eigenvalue weighted by Crippen LogP contribution is 2.07. The third kappa shape index (κ3) is 1.58. The first-order valence-corrected chi connectivity index (χ1v) is 3.53. The minimum Gasteiger partial charge on any atom is -0.478 e. The van der Waals surface area contributed by atoms with Crippen molar-refractivity contribution in [2.45, 2.75) is 13.3 Å². The molecule has 64 valence electrons. The van der Waals surface area contributed by atoms with Gasteiger partial charge in [0.05, 0.1) is 11.3 Å². The Morgan fingerprint density at radius 1 is 1.75 bits per heavy atom. The average Bonchev–Trinajstić information content (AvgIpc) is 2.04. The van der Waals surface area contributed by atoms with E-state index in [1.165, 1.54) is 0 Å². The van der Waals surface area contributed by atoms with Crippen LogP contribution in [0.4, 0.5) is 4.39 Å². The number of carboxylic acid groups (broad SMARTS) is 1. The lowest BCUT2D eigenvalue weighted by Gasteiger charge is -1.98. The molecule has 0 aliphatic rings. The number of carboxylic acids is 1. The lowest BCUT2D eigenvalue weighted by molar-refractivity contribution is 0.0696. The molecule has 0 unspecified atom stereocenters. The van der Waals surface area contributed by atoms with Gasteiger partial charge in [0.2, 0.25) is 0 Å². The third-order valence-corrected chi connectivity index (χ3v) is 1.50. The molecular weight excluding hydrogens is 161 g/mol. The summed E-state index contributed by atoms with van der Waals surface area (Å²) >= 11 is 0. The molecule has 4 heteroatoms. The quantitative estimate of drug-likeness (QED) is 0.729. The maximum absolute atomic E-state index is 12.9. The van der Waals surface area contributed by atoms with Gasteiger partial charge in [-0.25, -0.2) is 9.18 Å². The maximum Gasteiger partial charge on any atom is 0.337 e. The summed E-state index contributed by atoms with van der Waals surface area (Å²) in [5.41, 5.74) is 0.171. The minimum absolute atomic E-state index is 0.121. The van der Waals surface area contributed by atoms with Gasteiger partial charge in [-0.05, 0) is 12.5 Å². The number of aromatic nitrogens is 1. The van der Waals surface area contributed by atoms with Crippen LogP contribution in [0.15, 0.2) is 12.3 Å². The number of rotatable bonds is 2. The molecule has 0 atom stereocenters. The fraction of sp³-hybridized carbons (Fsp3) is 0.250. The molecule has 0 fully saturated rings. The summed E-state index contributed by atoms with van der Waals surface area (Å²) in [6.45, 7) is 1.76. The number of aryl methyl sites for hydroxylation is 1. The second kappa shape index (κ2) is 3.30. The molecule has 1 N–H and O–H groups in total. The van der Waals surface area contributed by atoms with Crippen molar-refractivity contribution >= 4 is 5.97 Å². The summed E-state index contributed by atoms with van der Waals surface area (Å²) in [4.78, 5) is 14.0. The predicted molar refractivity (Wildman–Crippen MR) is 40.5 cm³/mol. The molecule has 0 saturated carbocycles. The second-order valence-corrected chi connectivity index (χ2v) is 2.31. The van der Waals surface area contributed by atoms with Crippen LogP contribution in [0.25, 0.3) is 0 Å². The van der Waals surface area contributed by atoms with E-state index < -0.39 is 11.8 Å². The number of nitrogens with zero attached hydrogens (tertiary/aromatic N) is 1. The van der Waals surface area contributed by atoms with Crippen molar-refractivity contribution in [2.75, 3.05) is 0 Å². The van der Waals surface area contributed by atoms with Gasteiger partial charge in [-0.15, -0.1) is 0 Å². The van der Waals surface area contributed by atoms with Crippen LogP contribution in [0.3, 0.4) is 0 Å². The normalized spacial score (nSPS) is 9.83. The molecule has 1 heterocycles. The molecule has 0 aromatic carbocycles. The standard InChI is InChI=1S/C8H8FNO2/c1-2-7-6(9)3-5(4-10-7)8(11)12/h3-4H,2H2,1H3,(H,11,12). The van der Waals surface area contributed by atoms with Crippen molar-refractivity contribution in [3.63, 3.8) is 0 Å². The van der Waals surface area contributed by atoms with Crippen molar-refractivity contribution in [3.05, 3.63) is 29.3 Å². The Balaban J connectivity index is 3.10. The van der Waals surface area contributed by atoms with E-state index in [1.54, 1.807) is 6.92 Å². The van der Waals surface area contributed by atoms with Gasteiger partial charge in [-0.2, -0.15) is 0 Å². The molecule has 0 bridgehead atoms. The van der Waals surface area contributed by atoms with Crippen molar-refractivity contribution in [1.82, 2.24) is 4.98 Å². The average molecular weight is 169 g/mol. The molecule has 12 heavy (non-hydrogen) atoms. The van der Waals surface area contributed by atoms with Gasteiger partial charge in [0, 0.05) is 6.20 Å². The van der Waals surface area contributed by atoms with Crippen LogP contribution in [0.2, 0.25) is 0 Å². The Morgan fingerprint density at radius 2 is 2.42 bits per heavy atom. The highest BCUT2D eigenvalue weighted by atomic mass is 19.1. The zero-order valence-electron chi connectivity index (χ0n) is 6.54. The molecule has 0 aliphatic carbocycles. The first-order valence-electron chi connectivity index (χ1n) is 3.53. The number of hydrogen-bond donors (Lipinski definition) is 1. The monoisotopic (exact) mass is 169 g/mol. The number of aromatic carboxylic acids is 1. The Bertz CT molecular complexity index is 312. The molecular formula is C8H8FNO2. The van der Waals surface area contributed by atoms with Gasteiger partial charge in [-0.1, -0.05) is 6.92 Å². The van der Waals surface area contributed by atoms with E-state index in [0.29, 0.717) is 12.1 Å². The minimum atomic E-state index is -1.16. The van der Waals surface area contributed by atoms with Crippen LogP contribution >= 0.6 is 0 Å². The lowest BCUT2D eigenvalue weighted by Crippen LogP contribution is -2.01. The molecule has 3 nitrogen and oxygen atoms in total. The number of pyridine rings is 1. The molecule has 1 aromatic heterocycles. The van der Waals surface area contributed by atoms with E-state index >= 15 is 0 Å². The van der Waals surface area contributed by atoms with Gasteiger partial charge in [0.15, 0.2) is 0 Å². The predicted octanol–water partition coefficient (Wildman–Crippen LogP) is 1.48. The van der Waals surface area contributed by atoms with E-state index in [2.05, 4.69) is 4.98 Å². The Kier molecular flexibility index (Phi) is 2.38. The summed E-state index contributed by atoms with van der Waals surface area (Å²) in [5, 5.41) is 8.47. The zero-order chi connectivity index (χ0) is 9.14. The summed E-state index contributed by atoms with van der Waals surface area (Å²) < 4.78 is 12.9. The fourth-order valence-electron chi connectivity index (χ4n) is 0.843. The smallest absolute Gasteiger partial charge is 0.337 e. The second-order valence-electron chi connectivity index (χ2n) is 2.31. The van der Waals surface area contributed by atoms with Gasteiger partial charge in [-0.3, -0.25) is 4.98 Å². The van der Waals surface area contributed by atoms with E-state index in [1.807, 2.05) is 0 Å². The van der Waals surface area contributed by atoms with Crippen molar-refractivity contribution in [1.29, 1.82) is 0 Å². The van der Waals surface area contributed by atoms with Crippen LogP contribution in [-0.4, -0.2) is 16.1 Å². The van der Waals surface area contributed by atoms with Crippen molar-refractivity contribution < 1.29 is 14.3 Å². The van der Waals surface area contributed by atoms with Gasteiger partial charge >= 0.3 is 5.97 Å². The first-order chi connectivity index (χ1) is 5.65. The van der Waals surface area contributed by atoms with Gasteiger partial charge in [0.25, 0.3) is 0 Å². The Hall–Kier alpha value is -1.45. The van der Waals surface area contributed by atoms with Crippen molar-refractivity contribution in [3.8, 4) is 0 Å². The van der Waals surface area contributed by atoms with Gasteiger partial charge in [0.1, 0.15) is 5.82 Å².